The van der Waals surface area contributed by atoms with Gasteiger partial charge in [0.25, 0.3) is 0 Å². The number of anilines is 1. The fourth-order valence-electron chi connectivity index (χ4n) is 1.50. The summed E-state index contributed by atoms with van der Waals surface area (Å²) in [6, 6.07) is 4.67. The summed E-state index contributed by atoms with van der Waals surface area (Å²) in [7, 11) is 1.36. The van der Waals surface area contributed by atoms with E-state index in [0.717, 1.165) is 4.68 Å². The van der Waals surface area contributed by atoms with Crippen LogP contribution in [0.25, 0.3) is 11.3 Å². The Hall–Kier alpha value is -2.05. The third-order valence-electron chi connectivity index (χ3n) is 2.28. The number of aryl methyl sites for hydroxylation is 1. The predicted octanol–water partition coefficient (Wildman–Crippen LogP) is 2.08. The Morgan fingerprint density at radius 1 is 1.29 bits per heavy atom. The molecule has 17 heavy (non-hydrogen) atoms. The molecule has 0 aromatic carbocycles. The number of aromatic nitrogens is 3. The van der Waals surface area contributed by atoms with Crippen molar-refractivity contribution < 1.29 is 13.2 Å². The molecule has 2 heterocycles. The molecule has 4 nitrogen and oxygen atoms in total. The van der Waals surface area contributed by atoms with Crippen molar-refractivity contribution in [3.8, 4) is 11.3 Å². The summed E-state index contributed by atoms with van der Waals surface area (Å²) in [6.07, 6.45) is -3.15. The SMILES string of the molecule is Cn1nc(C(F)(F)F)c(-c2ccccn2)c1N. The number of hydrogen-bond acceptors (Lipinski definition) is 3. The first-order valence-corrected chi connectivity index (χ1v) is 4.72. The molecule has 0 fully saturated rings. The second kappa shape index (κ2) is 3.76. The van der Waals surface area contributed by atoms with Crippen LogP contribution >= 0.6 is 0 Å². The van der Waals surface area contributed by atoms with Gasteiger partial charge in [0.05, 0.1) is 11.3 Å². The molecule has 0 bridgehead atoms. The van der Waals surface area contributed by atoms with E-state index in [9.17, 15) is 13.2 Å². The van der Waals surface area contributed by atoms with Gasteiger partial charge in [-0.2, -0.15) is 18.3 Å². The van der Waals surface area contributed by atoms with Gasteiger partial charge in [-0.3, -0.25) is 9.67 Å². The summed E-state index contributed by atoms with van der Waals surface area (Å²) in [5, 5.41) is 3.38. The lowest BCUT2D eigenvalue weighted by molar-refractivity contribution is -0.141. The van der Waals surface area contributed by atoms with Crippen LogP contribution in [0.3, 0.4) is 0 Å². The highest BCUT2D eigenvalue weighted by Crippen LogP contribution is 2.38. The zero-order valence-electron chi connectivity index (χ0n) is 8.86. The molecule has 0 saturated heterocycles. The van der Waals surface area contributed by atoms with Gasteiger partial charge < -0.3 is 5.73 Å². The Morgan fingerprint density at radius 3 is 2.53 bits per heavy atom. The van der Waals surface area contributed by atoms with Crippen LogP contribution < -0.4 is 5.73 Å². The van der Waals surface area contributed by atoms with E-state index < -0.39 is 11.9 Å². The van der Waals surface area contributed by atoms with Crippen LogP contribution in [-0.4, -0.2) is 14.8 Å². The highest BCUT2D eigenvalue weighted by atomic mass is 19.4. The van der Waals surface area contributed by atoms with E-state index in [0.29, 0.717) is 0 Å². The average Bonchev–Trinajstić information content (AvgIpc) is 2.57. The van der Waals surface area contributed by atoms with Gasteiger partial charge in [-0.25, -0.2) is 0 Å². The smallest absolute Gasteiger partial charge is 0.383 e. The fourth-order valence-corrected chi connectivity index (χ4v) is 1.50. The van der Waals surface area contributed by atoms with Crippen molar-refractivity contribution in [3.05, 3.63) is 30.1 Å². The van der Waals surface area contributed by atoms with Crippen LogP contribution in [0, 0.1) is 0 Å². The maximum absolute atomic E-state index is 12.8. The first-order valence-electron chi connectivity index (χ1n) is 4.72. The molecular formula is C10H9F3N4. The second-order valence-corrected chi connectivity index (χ2v) is 3.45. The normalized spacial score (nSPS) is 11.8. The minimum Gasteiger partial charge on any atom is -0.383 e. The van der Waals surface area contributed by atoms with E-state index in [1.807, 2.05) is 0 Å². The van der Waals surface area contributed by atoms with Gasteiger partial charge in [0.1, 0.15) is 5.82 Å². The summed E-state index contributed by atoms with van der Waals surface area (Å²) < 4.78 is 39.3. The average molecular weight is 242 g/mol. The Labute approximate surface area is 94.9 Å². The summed E-state index contributed by atoms with van der Waals surface area (Å²) in [4.78, 5) is 3.86. The molecule has 0 aliphatic heterocycles. The number of nitrogen functional groups attached to an aromatic ring is 1. The highest BCUT2D eigenvalue weighted by Gasteiger charge is 2.39. The molecule has 0 aliphatic carbocycles. The van der Waals surface area contributed by atoms with E-state index in [1.54, 1.807) is 12.1 Å². The van der Waals surface area contributed by atoms with Gasteiger partial charge in [-0.1, -0.05) is 6.07 Å². The van der Waals surface area contributed by atoms with Gasteiger partial charge >= 0.3 is 6.18 Å². The molecule has 90 valence electrons. The maximum Gasteiger partial charge on any atom is 0.435 e. The second-order valence-electron chi connectivity index (χ2n) is 3.45. The molecule has 0 radical (unpaired) electrons. The van der Waals surface area contributed by atoms with Crippen LogP contribution in [-0.2, 0) is 13.2 Å². The molecule has 2 aromatic heterocycles. The molecule has 2 N–H and O–H groups in total. The Balaban J connectivity index is 2.69. The molecule has 7 heteroatoms. The van der Waals surface area contributed by atoms with Crippen molar-refractivity contribution in [2.45, 2.75) is 6.18 Å². The van der Waals surface area contributed by atoms with E-state index in [1.165, 1.54) is 19.3 Å². The Kier molecular flexibility index (Phi) is 2.53. The molecule has 0 aliphatic rings. The Bertz CT molecular complexity index is 530. The topological polar surface area (TPSA) is 56.7 Å². The number of hydrogen-bond donors (Lipinski definition) is 1. The molecular weight excluding hydrogens is 233 g/mol. The molecule has 2 aromatic rings. The van der Waals surface area contributed by atoms with Crippen LogP contribution in [0.15, 0.2) is 24.4 Å². The lowest BCUT2D eigenvalue weighted by atomic mass is 10.1. The summed E-state index contributed by atoms with van der Waals surface area (Å²) in [5.41, 5.74) is 4.55. The van der Waals surface area contributed by atoms with Gasteiger partial charge in [0.15, 0.2) is 5.69 Å². The van der Waals surface area contributed by atoms with E-state index in [4.69, 9.17) is 5.73 Å². The van der Waals surface area contributed by atoms with Crippen LogP contribution in [0.5, 0.6) is 0 Å². The van der Waals surface area contributed by atoms with Crippen LogP contribution in [0.2, 0.25) is 0 Å². The van der Waals surface area contributed by atoms with Crippen molar-refractivity contribution in [2.75, 3.05) is 5.73 Å². The Morgan fingerprint density at radius 2 is 2.00 bits per heavy atom. The zero-order chi connectivity index (χ0) is 12.6. The van der Waals surface area contributed by atoms with Crippen molar-refractivity contribution in [1.29, 1.82) is 0 Å². The number of rotatable bonds is 1. The van der Waals surface area contributed by atoms with Gasteiger partial charge in [-0.15, -0.1) is 0 Å². The highest BCUT2D eigenvalue weighted by molar-refractivity contribution is 5.74. The van der Waals surface area contributed by atoms with Gasteiger partial charge in [0.2, 0.25) is 0 Å². The summed E-state index contributed by atoms with van der Waals surface area (Å²) in [6.45, 7) is 0. The third kappa shape index (κ3) is 1.95. The van der Waals surface area contributed by atoms with Crippen molar-refractivity contribution in [1.82, 2.24) is 14.8 Å². The minimum absolute atomic E-state index is 0.0592. The first-order chi connectivity index (χ1) is 7.91. The number of halogens is 3. The third-order valence-corrected chi connectivity index (χ3v) is 2.28. The predicted molar refractivity (Wildman–Crippen MR) is 55.9 cm³/mol. The summed E-state index contributed by atoms with van der Waals surface area (Å²) >= 11 is 0. The molecule has 0 saturated carbocycles. The summed E-state index contributed by atoms with van der Waals surface area (Å²) in [5.74, 6) is -0.0592. The number of nitrogens with zero attached hydrogens (tertiary/aromatic N) is 3. The fraction of sp³-hybridized carbons (Fsp3) is 0.200. The molecule has 2 rings (SSSR count). The quantitative estimate of drug-likeness (QED) is 0.832. The number of pyridine rings is 1. The monoisotopic (exact) mass is 242 g/mol. The van der Waals surface area contributed by atoms with Gasteiger partial charge in [0, 0.05) is 13.2 Å². The first kappa shape index (κ1) is 11.4. The lowest BCUT2D eigenvalue weighted by Gasteiger charge is -2.05. The molecule has 0 spiro atoms. The van der Waals surface area contributed by atoms with E-state index >= 15 is 0 Å². The standard InChI is InChI=1S/C10H9F3N4/c1-17-9(14)7(6-4-2-3-5-15-6)8(16-17)10(11,12)13/h2-5H,14H2,1H3. The number of nitrogens with two attached hydrogens (primary N) is 1. The van der Waals surface area contributed by atoms with Gasteiger partial charge in [-0.05, 0) is 12.1 Å². The van der Waals surface area contributed by atoms with Crippen LogP contribution in [0.4, 0.5) is 19.0 Å². The number of alkyl halides is 3. The largest absolute Gasteiger partial charge is 0.435 e. The van der Waals surface area contributed by atoms with Crippen molar-refractivity contribution >= 4 is 5.82 Å². The molecule has 0 atom stereocenters. The lowest BCUT2D eigenvalue weighted by Crippen LogP contribution is -2.08. The van der Waals surface area contributed by atoms with Crippen LogP contribution in [0.1, 0.15) is 5.69 Å². The van der Waals surface area contributed by atoms with Crippen molar-refractivity contribution in [2.24, 2.45) is 7.05 Å². The van der Waals surface area contributed by atoms with Crippen molar-refractivity contribution in [3.63, 3.8) is 0 Å². The molecule has 0 amide bonds. The minimum atomic E-state index is -4.55. The van der Waals surface area contributed by atoms with E-state index in [-0.39, 0.29) is 17.1 Å². The van der Waals surface area contributed by atoms with E-state index in [2.05, 4.69) is 10.1 Å². The zero-order valence-corrected chi connectivity index (χ0v) is 8.86. The molecule has 0 unspecified atom stereocenters. The maximum atomic E-state index is 12.8.